The molecule has 1 nitrogen and oxygen atoms in total. The minimum absolute atomic E-state index is 0. The largest absolute Gasteiger partial charge is 1.00 e. The summed E-state index contributed by atoms with van der Waals surface area (Å²) in [6.45, 7) is 4.60. The van der Waals surface area contributed by atoms with Crippen molar-refractivity contribution >= 4 is 29.2 Å². The molecule has 0 aromatic carbocycles. The van der Waals surface area contributed by atoms with Crippen molar-refractivity contribution in [1.29, 1.82) is 0 Å². The minimum atomic E-state index is 0. The third-order valence-electron chi connectivity index (χ3n) is 1.96. The molecule has 1 fully saturated rings. The summed E-state index contributed by atoms with van der Waals surface area (Å²) in [6, 6.07) is 0. The van der Waals surface area contributed by atoms with Gasteiger partial charge in [-0.2, -0.15) is 4.90 Å². The summed E-state index contributed by atoms with van der Waals surface area (Å²) in [7, 11) is 0. The summed E-state index contributed by atoms with van der Waals surface area (Å²) < 4.78 is 0.978. The standard InChI is InChI=1S/C7H13NS2.Ag/c1-6-3-2-4-8(5-6)7(9)10;/h6H,2-5H2,1H3,(H,9,10);/q;+1/p+2. The van der Waals surface area contributed by atoms with Crippen molar-refractivity contribution in [2.75, 3.05) is 13.1 Å². The van der Waals surface area contributed by atoms with Crippen molar-refractivity contribution in [1.82, 2.24) is 4.90 Å². The number of nitrogens with zero attached hydrogens (tertiary/aromatic N) is 1. The molecule has 0 amide bonds. The predicted molar refractivity (Wildman–Crippen MR) is 53.9 cm³/mol. The summed E-state index contributed by atoms with van der Waals surface area (Å²) in [6.07, 6.45) is 2.67. The van der Waals surface area contributed by atoms with Crippen LogP contribution in [0.5, 0.6) is 0 Å². The van der Waals surface area contributed by atoms with Crippen molar-refractivity contribution in [3.05, 3.63) is 0 Å². The SMILES string of the molecule is CC1CCCN(C(=[SH+])[SH2+])C1.[Ag+]. The van der Waals surface area contributed by atoms with Gasteiger partial charge in [-0.15, -0.1) is 0 Å². The fourth-order valence-electron chi connectivity index (χ4n) is 1.38. The molecule has 11 heavy (non-hydrogen) atoms. The molecule has 1 unspecified atom stereocenters. The van der Waals surface area contributed by atoms with Gasteiger partial charge < -0.3 is 0 Å². The Balaban J connectivity index is 0.000001000. The molecule has 1 atom stereocenters. The Labute approximate surface area is 94.8 Å². The molecule has 0 saturated carbocycles. The first-order valence-corrected chi connectivity index (χ1v) is 4.67. The monoisotopic (exact) mass is 284 g/mol. The first-order chi connectivity index (χ1) is 4.70. The number of hydrogen-bond acceptors (Lipinski definition) is 0. The first kappa shape index (κ1) is 12.1. The van der Waals surface area contributed by atoms with E-state index in [0.717, 1.165) is 23.3 Å². The van der Waals surface area contributed by atoms with Crippen molar-refractivity contribution < 1.29 is 22.4 Å². The Kier molecular flexibility index (Phi) is 6.32. The van der Waals surface area contributed by atoms with E-state index in [4.69, 9.17) is 0 Å². The third-order valence-corrected chi connectivity index (χ3v) is 2.56. The average molecular weight is 285 g/mol. The fourth-order valence-corrected chi connectivity index (χ4v) is 1.77. The molecule has 0 N–H and O–H groups in total. The molecular weight excluding hydrogens is 270 g/mol. The molecule has 4 heteroatoms. The Hall–Kier alpha value is 1.14. The molecule has 0 spiro atoms. The first-order valence-electron chi connectivity index (χ1n) is 3.72. The van der Waals surface area contributed by atoms with Crippen LogP contribution < -0.4 is 0 Å². The molecule has 1 heterocycles. The Morgan fingerprint density at radius 3 is 2.64 bits per heavy atom. The zero-order valence-corrected chi connectivity index (χ0v) is 9.98. The number of thiol groups is 1. The van der Waals surface area contributed by atoms with E-state index in [1.807, 2.05) is 0 Å². The quantitative estimate of drug-likeness (QED) is 0.264. The number of piperidine rings is 1. The zero-order valence-electron chi connectivity index (χ0n) is 6.60. The van der Waals surface area contributed by atoms with Gasteiger partial charge in [0.15, 0.2) is 0 Å². The Bertz CT molecular complexity index is 140. The molecule has 0 bridgehead atoms. The van der Waals surface area contributed by atoms with Crippen molar-refractivity contribution in [3.63, 3.8) is 0 Å². The molecule has 1 aliphatic heterocycles. The van der Waals surface area contributed by atoms with E-state index in [1.54, 1.807) is 0 Å². The molecule has 1 aliphatic rings. The van der Waals surface area contributed by atoms with Crippen LogP contribution in [0, 0.1) is 5.92 Å². The normalized spacial score (nSPS) is 25.8. The van der Waals surface area contributed by atoms with Crippen molar-refractivity contribution in [2.45, 2.75) is 19.8 Å². The van der Waals surface area contributed by atoms with Gasteiger partial charge in [-0.1, -0.05) is 6.92 Å². The van der Waals surface area contributed by atoms with Crippen LogP contribution in [-0.2, 0) is 47.2 Å². The summed E-state index contributed by atoms with van der Waals surface area (Å²) in [5, 5.41) is 0. The number of rotatable bonds is 0. The average Bonchev–Trinajstić information content (AvgIpc) is 1.88. The molecule has 0 aromatic heterocycles. The van der Waals surface area contributed by atoms with Crippen LogP contribution in [-0.4, -0.2) is 22.3 Å². The maximum Gasteiger partial charge on any atom is 1.00 e. The summed E-state index contributed by atoms with van der Waals surface area (Å²) in [5.74, 6) is 0.826. The fraction of sp³-hybridized carbons (Fsp3) is 0.857. The number of hydrogen-bond donors (Lipinski definition) is 0. The van der Waals surface area contributed by atoms with Gasteiger partial charge in [-0.3, -0.25) is 0 Å². The topological polar surface area (TPSA) is 3.24 Å². The Morgan fingerprint density at radius 1 is 1.64 bits per heavy atom. The van der Waals surface area contributed by atoms with Crippen LogP contribution in [0.25, 0.3) is 0 Å². The van der Waals surface area contributed by atoms with E-state index in [-0.39, 0.29) is 22.4 Å². The van der Waals surface area contributed by atoms with E-state index in [1.165, 1.54) is 12.8 Å². The van der Waals surface area contributed by atoms with Crippen LogP contribution in [0.3, 0.4) is 0 Å². The summed E-state index contributed by atoms with van der Waals surface area (Å²) in [4.78, 5) is 2.27. The van der Waals surface area contributed by atoms with E-state index in [2.05, 4.69) is 36.7 Å². The van der Waals surface area contributed by atoms with E-state index >= 15 is 0 Å². The van der Waals surface area contributed by atoms with Gasteiger partial charge in [-0.25, -0.2) is 0 Å². The maximum absolute atomic E-state index is 4.24. The molecule has 0 radical (unpaired) electrons. The molecular formula is C7H15AgNS2+3. The van der Waals surface area contributed by atoms with Gasteiger partial charge in [-0.05, 0) is 18.8 Å². The van der Waals surface area contributed by atoms with Crippen LogP contribution >= 0.6 is 0 Å². The molecule has 0 aliphatic carbocycles. The van der Waals surface area contributed by atoms with Crippen LogP contribution in [0.4, 0.5) is 0 Å². The van der Waals surface area contributed by atoms with E-state index in [9.17, 15) is 0 Å². The van der Waals surface area contributed by atoms with Gasteiger partial charge >= 0.3 is 26.7 Å². The van der Waals surface area contributed by atoms with Gasteiger partial charge in [0.2, 0.25) is 12.2 Å². The van der Waals surface area contributed by atoms with Gasteiger partial charge in [0.05, 0.1) is 12.6 Å². The summed E-state index contributed by atoms with van der Waals surface area (Å²) in [5.41, 5.74) is 0. The Morgan fingerprint density at radius 2 is 2.27 bits per heavy atom. The van der Waals surface area contributed by atoms with Crippen molar-refractivity contribution in [2.24, 2.45) is 5.92 Å². The van der Waals surface area contributed by atoms with Gasteiger partial charge in [0.25, 0.3) is 0 Å². The smallest absolute Gasteiger partial charge is 0.183 e. The minimum Gasteiger partial charge on any atom is -0.183 e. The third kappa shape index (κ3) is 4.06. The summed E-state index contributed by atoms with van der Waals surface area (Å²) >= 11 is 7.66. The molecule has 0 aromatic rings. The molecule has 1 saturated heterocycles. The van der Waals surface area contributed by atoms with Crippen LogP contribution in [0.2, 0.25) is 0 Å². The second-order valence-corrected chi connectivity index (χ2v) is 4.34. The van der Waals surface area contributed by atoms with E-state index in [0.29, 0.717) is 0 Å². The van der Waals surface area contributed by atoms with Gasteiger partial charge in [0.1, 0.15) is 0 Å². The van der Waals surface area contributed by atoms with Crippen molar-refractivity contribution in [3.8, 4) is 0 Å². The predicted octanol–water partition coefficient (Wildman–Crippen LogP) is 0.0939. The van der Waals surface area contributed by atoms with E-state index < -0.39 is 0 Å². The maximum atomic E-state index is 4.24. The van der Waals surface area contributed by atoms with Gasteiger partial charge in [0, 0.05) is 13.1 Å². The van der Waals surface area contributed by atoms with Crippen LogP contribution in [0.1, 0.15) is 19.8 Å². The second-order valence-electron chi connectivity index (χ2n) is 3.02. The van der Waals surface area contributed by atoms with Crippen LogP contribution in [0.15, 0.2) is 0 Å². The zero-order chi connectivity index (χ0) is 7.56. The molecule has 1 rings (SSSR count). The molecule has 68 valence electrons. The second kappa shape index (κ2) is 5.73. The number of likely N-dealkylation sites (tertiary alicyclic amines) is 1.